The van der Waals surface area contributed by atoms with Gasteiger partial charge in [0.05, 0.1) is 5.69 Å². The molecule has 0 saturated carbocycles. The Morgan fingerprint density at radius 2 is 1.88 bits per heavy atom. The molecule has 1 aromatic heterocycles. The summed E-state index contributed by atoms with van der Waals surface area (Å²) in [5.74, 6) is 0.859. The van der Waals surface area contributed by atoms with Crippen molar-refractivity contribution < 1.29 is 4.79 Å². The van der Waals surface area contributed by atoms with E-state index in [9.17, 15) is 4.79 Å². The van der Waals surface area contributed by atoms with Gasteiger partial charge in [-0.25, -0.2) is 4.98 Å². The van der Waals surface area contributed by atoms with E-state index in [1.807, 2.05) is 74.0 Å². The summed E-state index contributed by atoms with van der Waals surface area (Å²) >= 11 is 0. The summed E-state index contributed by atoms with van der Waals surface area (Å²) in [5.41, 5.74) is 5.09. The molecule has 4 nitrogen and oxygen atoms in total. The van der Waals surface area contributed by atoms with E-state index in [0.717, 1.165) is 22.6 Å². The molecule has 1 N–H and O–H groups in total. The van der Waals surface area contributed by atoms with Crippen molar-refractivity contribution >= 4 is 5.91 Å². The molecule has 3 rings (SSSR count). The fourth-order valence-electron chi connectivity index (χ4n) is 2.69. The number of imidazole rings is 1. The van der Waals surface area contributed by atoms with Crippen LogP contribution in [0.3, 0.4) is 0 Å². The average Bonchev–Trinajstić information content (AvgIpc) is 3.01. The minimum atomic E-state index is -0.0599. The molecule has 0 fully saturated rings. The molecule has 0 aliphatic heterocycles. The minimum absolute atomic E-state index is 0.0599. The van der Waals surface area contributed by atoms with Crippen LogP contribution in [0.1, 0.15) is 32.9 Å². The molecule has 24 heavy (non-hydrogen) atoms. The quantitative estimate of drug-likeness (QED) is 0.796. The fourth-order valence-corrected chi connectivity index (χ4v) is 2.69. The Morgan fingerprint density at radius 1 is 1.08 bits per heavy atom. The largest absolute Gasteiger partial charge is 0.348 e. The summed E-state index contributed by atoms with van der Waals surface area (Å²) in [5, 5.41) is 3.01. The highest BCUT2D eigenvalue weighted by atomic mass is 16.1. The number of aromatic nitrogens is 2. The van der Waals surface area contributed by atoms with E-state index in [1.165, 1.54) is 5.56 Å². The van der Waals surface area contributed by atoms with E-state index in [2.05, 4.69) is 10.3 Å². The number of hydrogen-bond acceptors (Lipinski definition) is 2. The molecule has 1 heterocycles. The van der Waals surface area contributed by atoms with Crippen molar-refractivity contribution in [2.75, 3.05) is 0 Å². The Morgan fingerprint density at radius 3 is 2.58 bits per heavy atom. The van der Waals surface area contributed by atoms with Crippen LogP contribution in [-0.4, -0.2) is 15.5 Å². The van der Waals surface area contributed by atoms with Gasteiger partial charge in [0.1, 0.15) is 5.82 Å². The van der Waals surface area contributed by atoms with Crippen LogP contribution in [0.15, 0.2) is 54.9 Å². The van der Waals surface area contributed by atoms with Crippen LogP contribution in [0, 0.1) is 20.8 Å². The average molecular weight is 319 g/mol. The third-order valence-electron chi connectivity index (χ3n) is 4.29. The van der Waals surface area contributed by atoms with Crippen molar-refractivity contribution in [2.45, 2.75) is 27.3 Å². The van der Waals surface area contributed by atoms with Crippen molar-refractivity contribution in [3.63, 3.8) is 0 Å². The maximum Gasteiger partial charge on any atom is 0.251 e. The molecule has 0 radical (unpaired) electrons. The number of rotatable bonds is 4. The molecule has 0 spiro atoms. The second-order valence-electron chi connectivity index (χ2n) is 5.95. The van der Waals surface area contributed by atoms with E-state index < -0.39 is 0 Å². The lowest BCUT2D eigenvalue weighted by molar-refractivity contribution is 0.0951. The summed E-state index contributed by atoms with van der Waals surface area (Å²) in [6.07, 6.45) is 3.71. The molecule has 0 unspecified atom stereocenters. The number of amides is 1. The van der Waals surface area contributed by atoms with Gasteiger partial charge in [-0.15, -0.1) is 0 Å². The standard InChI is InChI=1S/C20H21N3O/c1-14-8-9-17(12-15(14)2)20(24)22-13-18-6-4-5-7-19(18)23-11-10-21-16(23)3/h4-12H,13H2,1-3H3,(H,22,24). The normalized spacial score (nSPS) is 10.6. The molecular weight excluding hydrogens is 298 g/mol. The first-order valence-electron chi connectivity index (χ1n) is 8.00. The highest BCUT2D eigenvalue weighted by molar-refractivity contribution is 5.94. The summed E-state index contributed by atoms with van der Waals surface area (Å²) < 4.78 is 2.03. The molecule has 3 aromatic rings. The summed E-state index contributed by atoms with van der Waals surface area (Å²) in [7, 11) is 0. The molecule has 0 aliphatic carbocycles. The molecule has 0 bridgehead atoms. The van der Waals surface area contributed by atoms with Crippen molar-refractivity contribution in [3.8, 4) is 5.69 Å². The van der Waals surface area contributed by atoms with Gasteiger partial charge in [0.2, 0.25) is 0 Å². The molecule has 122 valence electrons. The zero-order chi connectivity index (χ0) is 17.1. The Balaban J connectivity index is 1.79. The molecule has 0 aliphatic rings. The van der Waals surface area contributed by atoms with E-state index in [0.29, 0.717) is 12.1 Å². The highest BCUT2D eigenvalue weighted by Crippen LogP contribution is 2.16. The lowest BCUT2D eigenvalue weighted by Crippen LogP contribution is -2.23. The zero-order valence-corrected chi connectivity index (χ0v) is 14.2. The number of para-hydroxylation sites is 1. The zero-order valence-electron chi connectivity index (χ0n) is 14.2. The monoisotopic (exact) mass is 319 g/mol. The van der Waals surface area contributed by atoms with Gasteiger partial charge >= 0.3 is 0 Å². The first kappa shape index (κ1) is 16.0. The molecule has 0 atom stereocenters. The number of nitrogens with one attached hydrogen (secondary N) is 1. The number of aryl methyl sites for hydroxylation is 3. The van der Waals surface area contributed by atoms with Crippen LogP contribution in [0.2, 0.25) is 0 Å². The van der Waals surface area contributed by atoms with Gasteiger partial charge in [-0.2, -0.15) is 0 Å². The topological polar surface area (TPSA) is 46.9 Å². The van der Waals surface area contributed by atoms with Gasteiger partial charge in [-0.05, 0) is 55.7 Å². The number of nitrogens with zero attached hydrogens (tertiary/aromatic N) is 2. The van der Waals surface area contributed by atoms with E-state index in [1.54, 1.807) is 6.20 Å². The summed E-state index contributed by atoms with van der Waals surface area (Å²) in [6.45, 7) is 6.49. The van der Waals surface area contributed by atoms with Gasteiger partial charge in [-0.3, -0.25) is 4.79 Å². The minimum Gasteiger partial charge on any atom is -0.348 e. The predicted molar refractivity (Wildman–Crippen MR) is 95.4 cm³/mol. The van der Waals surface area contributed by atoms with Crippen molar-refractivity contribution in [1.82, 2.24) is 14.9 Å². The first-order chi connectivity index (χ1) is 11.6. The SMILES string of the molecule is Cc1ccc(C(=O)NCc2ccccc2-n2ccnc2C)cc1C. The maximum atomic E-state index is 12.4. The molecule has 1 amide bonds. The lowest BCUT2D eigenvalue weighted by atomic mass is 10.1. The number of carbonyl (C=O) groups excluding carboxylic acids is 1. The van der Waals surface area contributed by atoms with E-state index in [-0.39, 0.29) is 5.91 Å². The van der Waals surface area contributed by atoms with Gasteiger partial charge in [0.15, 0.2) is 0 Å². The van der Waals surface area contributed by atoms with E-state index in [4.69, 9.17) is 0 Å². The smallest absolute Gasteiger partial charge is 0.251 e. The third-order valence-corrected chi connectivity index (χ3v) is 4.29. The van der Waals surface area contributed by atoms with Crippen LogP contribution < -0.4 is 5.32 Å². The van der Waals surface area contributed by atoms with Crippen LogP contribution >= 0.6 is 0 Å². The van der Waals surface area contributed by atoms with Crippen LogP contribution in [0.5, 0.6) is 0 Å². The van der Waals surface area contributed by atoms with Crippen molar-refractivity contribution in [1.29, 1.82) is 0 Å². The number of carbonyl (C=O) groups is 1. The highest BCUT2D eigenvalue weighted by Gasteiger charge is 2.10. The van der Waals surface area contributed by atoms with Gasteiger partial charge < -0.3 is 9.88 Å². The number of benzene rings is 2. The third kappa shape index (κ3) is 3.23. The summed E-state index contributed by atoms with van der Waals surface area (Å²) in [4.78, 5) is 16.7. The first-order valence-corrected chi connectivity index (χ1v) is 8.00. The second kappa shape index (κ2) is 6.71. The van der Waals surface area contributed by atoms with Crippen LogP contribution in [-0.2, 0) is 6.54 Å². The van der Waals surface area contributed by atoms with Crippen molar-refractivity contribution in [2.24, 2.45) is 0 Å². The molecule has 4 heteroatoms. The predicted octanol–water partition coefficient (Wildman–Crippen LogP) is 3.73. The Labute approximate surface area is 142 Å². The Hall–Kier alpha value is -2.88. The van der Waals surface area contributed by atoms with Crippen LogP contribution in [0.4, 0.5) is 0 Å². The number of hydrogen-bond donors (Lipinski definition) is 1. The van der Waals surface area contributed by atoms with E-state index >= 15 is 0 Å². The van der Waals surface area contributed by atoms with Gasteiger partial charge in [0, 0.05) is 24.5 Å². The lowest BCUT2D eigenvalue weighted by Gasteiger charge is -2.13. The van der Waals surface area contributed by atoms with Crippen LogP contribution in [0.25, 0.3) is 5.69 Å². The Kier molecular flexibility index (Phi) is 4.47. The second-order valence-corrected chi connectivity index (χ2v) is 5.95. The van der Waals surface area contributed by atoms with Gasteiger partial charge in [0.25, 0.3) is 5.91 Å². The fraction of sp³-hybridized carbons (Fsp3) is 0.200. The van der Waals surface area contributed by atoms with Gasteiger partial charge in [-0.1, -0.05) is 24.3 Å². The van der Waals surface area contributed by atoms with Crippen molar-refractivity contribution in [3.05, 3.63) is 82.9 Å². The Bertz CT molecular complexity index is 880. The molecular formula is C20H21N3O. The maximum absolute atomic E-state index is 12.4. The molecule has 0 saturated heterocycles. The molecule has 2 aromatic carbocycles. The summed E-state index contributed by atoms with van der Waals surface area (Å²) in [6, 6.07) is 13.8.